The lowest BCUT2D eigenvalue weighted by molar-refractivity contribution is 0.191. The van der Waals surface area contributed by atoms with E-state index in [4.69, 9.17) is 10.8 Å². The molecular formula is C14H14N6O2. The molecule has 0 aliphatic rings. The van der Waals surface area contributed by atoms with Gasteiger partial charge in [-0.1, -0.05) is 12.1 Å². The standard InChI is InChI=1S/C14H14N6O2/c1-8(19-14(21)22)9-2-4-10(5-3-9)20-7-18-11-12(15)16-6-17-13(11)20/h2-8,19H,1H3,(H,21,22)(H2,15,16,17). The van der Waals surface area contributed by atoms with Crippen LogP contribution in [0.2, 0.25) is 0 Å². The minimum atomic E-state index is -1.05. The molecule has 0 fully saturated rings. The summed E-state index contributed by atoms with van der Waals surface area (Å²) in [6.07, 6.45) is 1.97. The van der Waals surface area contributed by atoms with E-state index in [1.165, 1.54) is 6.33 Å². The molecule has 2 aromatic heterocycles. The molecule has 3 rings (SSSR count). The quantitative estimate of drug-likeness (QED) is 0.677. The number of rotatable bonds is 3. The molecule has 1 aromatic carbocycles. The summed E-state index contributed by atoms with van der Waals surface area (Å²) in [5.41, 5.74) is 8.66. The van der Waals surface area contributed by atoms with Crippen molar-refractivity contribution in [3.05, 3.63) is 42.5 Å². The summed E-state index contributed by atoms with van der Waals surface area (Å²) in [7, 11) is 0. The lowest BCUT2D eigenvalue weighted by atomic mass is 10.1. The molecule has 3 aromatic rings. The number of nitrogen functional groups attached to an aromatic ring is 1. The number of carbonyl (C=O) groups is 1. The highest BCUT2D eigenvalue weighted by Crippen LogP contribution is 2.20. The normalized spacial score (nSPS) is 12.2. The lowest BCUT2D eigenvalue weighted by Crippen LogP contribution is -2.24. The molecule has 2 heterocycles. The molecule has 0 bridgehead atoms. The van der Waals surface area contributed by atoms with Gasteiger partial charge in [0.05, 0.1) is 6.04 Å². The van der Waals surface area contributed by atoms with Crippen molar-refractivity contribution in [3.63, 3.8) is 0 Å². The minimum Gasteiger partial charge on any atom is -0.465 e. The van der Waals surface area contributed by atoms with E-state index in [1.807, 2.05) is 24.3 Å². The first kappa shape index (κ1) is 13.8. The van der Waals surface area contributed by atoms with Crippen LogP contribution >= 0.6 is 0 Å². The van der Waals surface area contributed by atoms with Crippen LogP contribution in [0.25, 0.3) is 16.9 Å². The molecule has 1 unspecified atom stereocenters. The van der Waals surface area contributed by atoms with E-state index in [0.29, 0.717) is 17.0 Å². The summed E-state index contributed by atoms with van der Waals surface area (Å²) in [5, 5.41) is 11.2. The maximum Gasteiger partial charge on any atom is 0.405 e. The van der Waals surface area contributed by atoms with E-state index in [1.54, 1.807) is 17.8 Å². The molecule has 0 aliphatic carbocycles. The van der Waals surface area contributed by atoms with E-state index >= 15 is 0 Å². The molecular weight excluding hydrogens is 284 g/mol. The highest BCUT2D eigenvalue weighted by Gasteiger charge is 2.11. The van der Waals surface area contributed by atoms with Gasteiger partial charge in [-0.3, -0.25) is 4.57 Å². The topological polar surface area (TPSA) is 119 Å². The summed E-state index contributed by atoms with van der Waals surface area (Å²) >= 11 is 0. The Balaban J connectivity index is 1.95. The van der Waals surface area contributed by atoms with Gasteiger partial charge in [0, 0.05) is 5.69 Å². The number of hydrogen-bond acceptors (Lipinski definition) is 5. The molecule has 22 heavy (non-hydrogen) atoms. The van der Waals surface area contributed by atoms with Crippen molar-refractivity contribution in [1.82, 2.24) is 24.8 Å². The monoisotopic (exact) mass is 298 g/mol. The van der Waals surface area contributed by atoms with Gasteiger partial charge in [-0.15, -0.1) is 0 Å². The molecule has 1 amide bonds. The minimum absolute atomic E-state index is 0.288. The first-order chi connectivity index (χ1) is 10.6. The van der Waals surface area contributed by atoms with Crippen molar-refractivity contribution >= 4 is 23.1 Å². The zero-order chi connectivity index (χ0) is 15.7. The van der Waals surface area contributed by atoms with Crippen LogP contribution in [0, 0.1) is 0 Å². The number of benzene rings is 1. The first-order valence-corrected chi connectivity index (χ1v) is 6.59. The van der Waals surface area contributed by atoms with Crippen molar-refractivity contribution in [2.75, 3.05) is 5.73 Å². The maximum absolute atomic E-state index is 10.7. The van der Waals surface area contributed by atoms with Crippen LogP contribution in [0.5, 0.6) is 0 Å². The molecule has 0 aliphatic heterocycles. The molecule has 112 valence electrons. The van der Waals surface area contributed by atoms with E-state index in [-0.39, 0.29) is 6.04 Å². The molecule has 0 saturated carbocycles. The fourth-order valence-corrected chi connectivity index (χ4v) is 2.23. The lowest BCUT2D eigenvalue weighted by Gasteiger charge is -2.12. The average molecular weight is 298 g/mol. The second-order valence-corrected chi connectivity index (χ2v) is 4.81. The van der Waals surface area contributed by atoms with Crippen LogP contribution in [0.3, 0.4) is 0 Å². The van der Waals surface area contributed by atoms with Crippen LogP contribution in [-0.2, 0) is 0 Å². The second-order valence-electron chi connectivity index (χ2n) is 4.81. The van der Waals surface area contributed by atoms with Crippen molar-refractivity contribution in [1.29, 1.82) is 0 Å². The second kappa shape index (κ2) is 5.32. The number of nitrogens with zero attached hydrogens (tertiary/aromatic N) is 4. The Morgan fingerprint density at radius 3 is 2.68 bits per heavy atom. The van der Waals surface area contributed by atoms with Crippen molar-refractivity contribution in [2.24, 2.45) is 0 Å². The van der Waals surface area contributed by atoms with Crippen LogP contribution < -0.4 is 11.1 Å². The van der Waals surface area contributed by atoms with Gasteiger partial charge in [0.25, 0.3) is 0 Å². The number of carboxylic acid groups (broad SMARTS) is 1. The smallest absolute Gasteiger partial charge is 0.405 e. The Morgan fingerprint density at radius 1 is 1.27 bits per heavy atom. The average Bonchev–Trinajstić information content (AvgIpc) is 2.92. The molecule has 0 radical (unpaired) electrons. The first-order valence-electron chi connectivity index (χ1n) is 6.59. The maximum atomic E-state index is 10.7. The van der Waals surface area contributed by atoms with E-state index in [9.17, 15) is 4.79 Å². The van der Waals surface area contributed by atoms with Gasteiger partial charge in [-0.25, -0.2) is 19.7 Å². The predicted molar refractivity (Wildman–Crippen MR) is 80.6 cm³/mol. The Bertz CT molecular complexity index is 827. The largest absolute Gasteiger partial charge is 0.465 e. The van der Waals surface area contributed by atoms with E-state index in [2.05, 4.69) is 20.3 Å². The summed E-state index contributed by atoms with van der Waals surface area (Å²) in [6, 6.07) is 7.16. The number of nitrogens with two attached hydrogens (primary N) is 1. The highest BCUT2D eigenvalue weighted by atomic mass is 16.4. The van der Waals surface area contributed by atoms with Gasteiger partial charge < -0.3 is 16.2 Å². The molecule has 8 nitrogen and oxygen atoms in total. The number of imidazole rings is 1. The fraction of sp³-hybridized carbons (Fsp3) is 0.143. The van der Waals surface area contributed by atoms with Crippen molar-refractivity contribution in [3.8, 4) is 5.69 Å². The van der Waals surface area contributed by atoms with E-state index < -0.39 is 6.09 Å². The van der Waals surface area contributed by atoms with Gasteiger partial charge in [0.2, 0.25) is 0 Å². The van der Waals surface area contributed by atoms with Crippen LogP contribution in [-0.4, -0.2) is 30.7 Å². The number of hydrogen-bond donors (Lipinski definition) is 3. The zero-order valence-corrected chi connectivity index (χ0v) is 11.8. The van der Waals surface area contributed by atoms with Crippen LogP contribution in [0.4, 0.5) is 10.6 Å². The Kier molecular flexibility index (Phi) is 3.34. The molecule has 4 N–H and O–H groups in total. The van der Waals surface area contributed by atoms with Gasteiger partial charge in [0.1, 0.15) is 12.7 Å². The Hall–Kier alpha value is -3.16. The summed E-state index contributed by atoms with van der Waals surface area (Å²) < 4.78 is 1.80. The van der Waals surface area contributed by atoms with Gasteiger partial charge >= 0.3 is 6.09 Å². The molecule has 1 atom stereocenters. The van der Waals surface area contributed by atoms with Crippen molar-refractivity contribution in [2.45, 2.75) is 13.0 Å². The van der Waals surface area contributed by atoms with Crippen LogP contribution in [0.1, 0.15) is 18.5 Å². The van der Waals surface area contributed by atoms with Crippen molar-refractivity contribution < 1.29 is 9.90 Å². The number of aromatic nitrogens is 4. The van der Waals surface area contributed by atoms with Gasteiger partial charge in [-0.2, -0.15) is 0 Å². The third-order valence-electron chi connectivity index (χ3n) is 3.37. The van der Waals surface area contributed by atoms with Crippen LogP contribution in [0.15, 0.2) is 36.9 Å². The molecule has 8 heteroatoms. The summed E-state index contributed by atoms with van der Waals surface area (Å²) in [4.78, 5) is 23.0. The number of nitrogens with one attached hydrogen (secondary N) is 1. The number of fused-ring (bicyclic) bond motifs is 1. The molecule has 0 spiro atoms. The predicted octanol–water partition coefficient (Wildman–Crippen LogP) is 1.73. The SMILES string of the molecule is CC(NC(=O)O)c1ccc(-n2cnc3c(N)ncnc32)cc1. The number of anilines is 1. The van der Waals surface area contributed by atoms with E-state index in [0.717, 1.165) is 11.3 Å². The Morgan fingerprint density at radius 2 is 2.00 bits per heavy atom. The third-order valence-corrected chi connectivity index (χ3v) is 3.37. The third kappa shape index (κ3) is 2.41. The zero-order valence-electron chi connectivity index (χ0n) is 11.8. The summed E-state index contributed by atoms with van der Waals surface area (Å²) in [5.74, 6) is 0.333. The highest BCUT2D eigenvalue weighted by molar-refractivity contribution is 5.82. The van der Waals surface area contributed by atoms with Gasteiger partial charge in [-0.05, 0) is 24.6 Å². The fourth-order valence-electron chi connectivity index (χ4n) is 2.23. The summed E-state index contributed by atoms with van der Waals surface area (Å²) in [6.45, 7) is 1.78. The molecule has 0 saturated heterocycles. The number of amides is 1. The Labute approximate surface area is 125 Å². The van der Waals surface area contributed by atoms with Gasteiger partial charge in [0.15, 0.2) is 17.0 Å².